The van der Waals surface area contributed by atoms with Crippen molar-refractivity contribution < 1.29 is 9.18 Å². The van der Waals surface area contributed by atoms with E-state index in [-0.39, 0.29) is 17.0 Å². The van der Waals surface area contributed by atoms with Crippen LogP contribution in [0.15, 0.2) is 23.0 Å². The molecule has 0 saturated carbocycles. The van der Waals surface area contributed by atoms with E-state index >= 15 is 0 Å². The summed E-state index contributed by atoms with van der Waals surface area (Å²) in [6.45, 7) is 3.41. The van der Waals surface area contributed by atoms with Crippen LogP contribution in [0.1, 0.15) is 30.3 Å². The second kappa shape index (κ2) is 5.51. The Kier molecular flexibility index (Phi) is 3.68. The van der Waals surface area contributed by atoms with Gasteiger partial charge in [0, 0.05) is 20.1 Å². The van der Waals surface area contributed by atoms with Crippen LogP contribution in [0.5, 0.6) is 0 Å². The number of likely N-dealkylation sites (tertiary alicyclic amines) is 1. The molecule has 1 fully saturated rings. The number of halogens is 1. The average Bonchev–Trinajstić information content (AvgIpc) is 2.51. The Hall–Kier alpha value is -2.24. The number of aromatic nitrogens is 2. The van der Waals surface area contributed by atoms with E-state index in [0.717, 1.165) is 18.9 Å². The van der Waals surface area contributed by atoms with Crippen LogP contribution in [-0.2, 0) is 7.05 Å². The third-order valence-electron chi connectivity index (χ3n) is 4.29. The molecule has 0 N–H and O–H groups in total. The molecule has 2 aromatic rings. The highest BCUT2D eigenvalue weighted by atomic mass is 19.1. The lowest BCUT2D eigenvalue weighted by Crippen LogP contribution is -2.41. The van der Waals surface area contributed by atoms with E-state index in [1.807, 2.05) is 0 Å². The summed E-state index contributed by atoms with van der Waals surface area (Å²) in [5.41, 5.74) is -0.124. The number of hydrogen-bond donors (Lipinski definition) is 0. The zero-order valence-electron chi connectivity index (χ0n) is 12.7. The van der Waals surface area contributed by atoms with Gasteiger partial charge < -0.3 is 4.90 Å². The smallest absolute Gasteiger partial charge is 0.278 e. The van der Waals surface area contributed by atoms with E-state index in [1.54, 1.807) is 11.9 Å². The minimum absolute atomic E-state index is 0.129. The van der Waals surface area contributed by atoms with Gasteiger partial charge in [0.2, 0.25) is 5.43 Å². The molecule has 1 aromatic carbocycles. The van der Waals surface area contributed by atoms with Crippen LogP contribution < -0.4 is 5.43 Å². The van der Waals surface area contributed by atoms with E-state index in [2.05, 4.69) is 12.0 Å². The first kappa shape index (κ1) is 14.7. The highest BCUT2D eigenvalue weighted by molar-refractivity contribution is 5.95. The number of carbonyl (C=O) groups is 1. The highest BCUT2D eigenvalue weighted by Crippen LogP contribution is 2.18. The van der Waals surface area contributed by atoms with Crippen molar-refractivity contribution in [2.75, 3.05) is 13.1 Å². The molecule has 6 heteroatoms. The predicted octanol–water partition coefficient (Wildman–Crippen LogP) is 1.94. The van der Waals surface area contributed by atoms with Crippen LogP contribution in [0, 0.1) is 11.7 Å². The maximum atomic E-state index is 13.4. The molecule has 22 heavy (non-hydrogen) atoms. The zero-order valence-corrected chi connectivity index (χ0v) is 12.7. The number of aryl methyl sites for hydroxylation is 1. The second-order valence-electron chi connectivity index (χ2n) is 5.94. The molecule has 0 atom stereocenters. The molecule has 0 radical (unpaired) electrons. The van der Waals surface area contributed by atoms with Gasteiger partial charge in [-0.25, -0.2) is 4.39 Å². The number of piperidine rings is 1. The summed E-state index contributed by atoms with van der Waals surface area (Å²) in [5, 5.41) is 4.30. The number of fused-ring (bicyclic) bond motifs is 1. The Morgan fingerprint density at radius 1 is 1.32 bits per heavy atom. The summed E-state index contributed by atoms with van der Waals surface area (Å²) in [5.74, 6) is -0.273. The van der Waals surface area contributed by atoms with Crippen molar-refractivity contribution in [3.63, 3.8) is 0 Å². The van der Waals surface area contributed by atoms with Crippen molar-refractivity contribution in [1.82, 2.24) is 14.7 Å². The third kappa shape index (κ3) is 2.49. The van der Waals surface area contributed by atoms with Crippen molar-refractivity contribution in [3.05, 3.63) is 39.9 Å². The first-order chi connectivity index (χ1) is 10.5. The van der Waals surface area contributed by atoms with E-state index in [4.69, 9.17) is 0 Å². The lowest BCUT2D eigenvalue weighted by molar-refractivity contribution is 0.0688. The van der Waals surface area contributed by atoms with Gasteiger partial charge in [-0.1, -0.05) is 6.92 Å². The minimum atomic E-state index is -0.503. The molecule has 2 heterocycles. The summed E-state index contributed by atoms with van der Waals surface area (Å²) in [7, 11) is 1.65. The molecule has 0 spiro atoms. The van der Waals surface area contributed by atoms with Crippen LogP contribution in [-0.4, -0.2) is 33.7 Å². The van der Waals surface area contributed by atoms with E-state index in [9.17, 15) is 14.0 Å². The molecule has 1 aliphatic heterocycles. The fourth-order valence-corrected chi connectivity index (χ4v) is 2.85. The van der Waals surface area contributed by atoms with Gasteiger partial charge >= 0.3 is 0 Å². The molecule has 0 aliphatic carbocycles. The Balaban J connectivity index is 2.05. The largest absolute Gasteiger partial charge is 0.337 e. The van der Waals surface area contributed by atoms with Gasteiger partial charge in [0.1, 0.15) is 5.82 Å². The predicted molar refractivity (Wildman–Crippen MR) is 81.2 cm³/mol. The van der Waals surface area contributed by atoms with Crippen molar-refractivity contribution >= 4 is 16.8 Å². The Morgan fingerprint density at radius 3 is 2.68 bits per heavy atom. The molecule has 0 bridgehead atoms. The van der Waals surface area contributed by atoms with Gasteiger partial charge in [0.15, 0.2) is 5.69 Å². The van der Waals surface area contributed by atoms with Crippen LogP contribution >= 0.6 is 0 Å². The molecule has 5 nitrogen and oxygen atoms in total. The quantitative estimate of drug-likeness (QED) is 0.809. The fourth-order valence-electron chi connectivity index (χ4n) is 2.85. The van der Waals surface area contributed by atoms with E-state index < -0.39 is 11.2 Å². The third-order valence-corrected chi connectivity index (χ3v) is 4.29. The van der Waals surface area contributed by atoms with Gasteiger partial charge in [-0.05, 0) is 37.0 Å². The van der Waals surface area contributed by atoms with Crippen molar-refractivity contribution in [2.24, 2.45) is 13.0 Å². The first-order valence-corrected chi connectivity index (χ1v) is 7.43. The number of nitrogens with zero attached hydrogens (tertiary/aromatic N) is 3. The van der Waals surface area contributed by atoms with Crippen molar-refractivity contribution in [3.8, 4) is 0 Å². The minimum Gasteiger partial charge on any atom is -0.337 e. The number of benzene rings is 1. The highest BCUT2D eigenvalue weighted by Gasteiger charge is 2.25. The molecule has 3 rings (SSSR count). The lowest BCUT2D eigenvalue weighted by Gasteiger charge is -2.29. The van der Waals surface area contributed by atoms with Gasteiger partial charge in [-0.3, -0.25) is 14.3 Å². The lowest BCUT2D eigenvalue weighted by atomic mass is 9.99. The van der Waals surface area contributed by atoms with Crippen molar-refractivity contribution in [1.29, 1.82) is 0 Å². The SMILES string of the molecule is CC1CCN(C(=O)c2nn(C)c3ccc(F)cc3c2=O)CC1. The average molecular weight is 303 g/mol. The van der Waals surface area contributed by atoms with Crippen LogP contribution in [0.4, 0.5) is 4.39 Å². The first-order valence-electron chi connectivity index (χ1n) is 7.43. The fraction of sp³-hybridized carbons (Fsp3) is 0.438. The molecule has 0 unspecified atom stereocenters. The number of rotatable bonds is 1. The molecule has 1 aromatic heterocycles. The maximum Gasteiger partial charge on any atom is 0.278 e. The topological polar surface area (TPSA) is 55.2 Å². The van der Waals surface area contributed by atoms with Gasteiger partial charge in [-0.2, -0.15) is 5.10 Å². The number of amides is 1. The molecular formula is C16H18FN3O2. The molecular weight excluding hydrogens is 285 g/mol. The van der Waals surface area contributed by atoms with E-state index in [0.29, 0.717) is 24.5 Å². The molecule has 116 valence electrons. The summed E-state index contributed by atoms with van der Waals surface area (Å²) in [6, 6.07) is 3.93. The Labute approximate surface area is 127 Å². The molecule has 1 aliphatic rings. The van der Waals surface area contributed by atoms with Gasteiger partial charge in [-0.15, -0.1) is 0 Å². The summed E-state index contributed by atoms with van der Waals surface area (Å²) < 4.78 is 14.9. The monoisotopic (exact) mass is 303 g/mol. The Bertz CT molecular complexity index is 792. The van der Waals surface area contributed by atoms with Gasteiger partial charge in [0.05, 0.1) is 10.9 Å². The summed E-state index contributed by atoms with van der Waals surface area (Å²) in [4.78, 5) is 26.7. The van der Waals surface area contributed by atoms with Crippen LogP contribution in [0.3, 0.4) is 0 Å². The molecule has 1 amide bonds. The summed E-state index contributed by atoms with van der Waals surface area (Å²) >= 11 is 0. The maximum absolute atomic E-state index is 13.4. The standard InChI is InChI=1S/C16H18FN3O2/c1-10-5-7-20(8-6-10)16(22)14-15(21)12-9-11(17)3-4-13(12)19(2)18-14/h3-4,9-10H,5-8H2,1-2H3. The second-order valence-corrected chi connectivity index (χ2v) is 5.94. The van der Waals surface area contributed by atoms with Crippen LogP contribution in [0.2, 0.25) is 0 Å². The summed E-state index contributed by atoms with van der Waals surface area (Å²) in [6.07, 6.45) is 1.85. The van der Waals surface area contributed by atoms with Crippen LogP contribution in [0.25, 0.3) is 10.9 Å². The zero-order chi connectivity index (χ0) is 15.9. The van der Waals surface area contributed by atoms with Gasteiger partial charge in [0.25, 0.3) is 5.91 Å². The normalized spacial score (nSPS) is 16.2. The molecule has 1 saturated heterocycles. The van der Waals surface area contributed by atoms with Crippen molar-refractivity contribution in [2.45, 2.75) is 19.8 Å². The number of carbonyl (C=O) groups excluding carboxylic acids is 1. The van der Waals surface area contributed by atoms with E-state index in [1.165, 1.54) is 16.8 Å². The Morgan fingerprint density at radius 2 is 2.00 bits per heavy atom. The number of hydrogen-bond acceptors (Lipinski definition) is 3.